The molecule has 0 aliphatic rings. The number of carbonyl (C=O) groups excluding carboxylic acids is 1. The van der Waals surface area contributed by atoms with Gasteiger partial charge in [-0.2, -0.15) is 0 Å². The molecule has 8 heteroatoms. The summed E-state index contributed by atoms with van der Waals surface area (Å²) in [4.78, 5) is 15.0. The van der Waals surface area contributed by atoms with E-state index in [1.165, 1.54) is 19.1 Å². The van der Waals surface area contributed by atoms with Gasteiger partial charge in [-0.15, -0.1) is 0 Å². The van der Waals surface area contributed by atoms with Crippen molar-refractivity contribution in [1.29, 1.82) is 0 Å². The van der Waals surface area contributed by atoms with Gasteiger partial charge in [0.1, 0.15) is 12.4 Å². The zero-order valence-corrected chi connectivity index (χ0v) is 14.1. The molecule has 0 aliphatic heterocycles. The van der Waals surface area contributed by atoms with E-state index in [1.807, 2.05) is 0 Å². The molecule has 1 aromatic carbocycles. The Labute approximate surface area is 139 Å². The highest BCUT2D eigenvalue weighted by atomic mass is 35.5. The Morgan fingerprint density at radius 1 is 1.26 bits per heavy atom. The molecule has 0 unspecified atom stereocenters. The topological polar surface area (TPSA) is 85.4 Å². The highest BCUT2D eigenvalue weighted by molar-refractivity contribution is 7.92. The van der Waals surface area contributed by atoms with Crippen LogP contribution in [0.2, 0.25) is 5.02 Å². The van der Waals surface area contributed by atoms with Crippen LogP contribution in [0.15, 0.2) is 41.3 Å². The average molecular weight is 355 g/mol. The first kappa shape index (κ1) is 17.2. The third-order valence-corrected chi connectivity index (χ3v) is 4.89. The maximum atomic E-state index is 12.5. The molecule has 0 fully saturated rings. The fourth-order valence-electron chi connectivity index (χ4n) is 1.86. The van der Waals surface area contributed by atoms with Gasteiger partial charge < -0.3 is 4.74 Å². The third-order valence-electron chi connectivity index (χ3n) is 2.98. The Morgan fingerprint density at radius 2 is 1.96 bits per heavy atom. The van der Waals surface area contributed by atoms with Crippen LogP contribution in [0, 0.1) is 6.92 Å². The smallest absolute Gasteiger partial charge is 0.303 e. The van der Waals surface area contributed by atoms with Gasteiger partial charge in [0.25, 0.3) is 10.0 Å². The predicted molar refractivity (Wildman–Crippen MR) is 86.7 cm³/mol. The van der Waals surface area contributed by atoms with Crippen LogP contribution in [0.3, 0.4) is 0 Å². The average Bonchev–Trinajstić information content (AvgIpc) is 2.47. The molecule has 0 atom stereocenters. The summed E-state index contributed by atoms with van der Waals surface area (Å²) in [6.45, 7) is 2.89. The van der Waals surface area contributed by atoms with Crippen molar-refractivity contribution in [2.45, 2.75) is 25.3 Å². The summed E-state index contributed by atoms with van der Waals surface area (Å²) < 4.78 is 32.1. The van der Waals surface area contributed by atoms with Crippen molar-refractivity contribution in [1.82, 2.24) is 4.98 Å². The Hall–Kier alpha value is -2.12. The third kappa shape index (κ3) is 4.43. The van der Waals surface area contributed by atoms with Crippen LogP contribution in [-0.4, -0.2) is 19.4 Å². The molecule has 122 valence electrons. The van der Waals surface area contributed by atoms with Crippen LogP contribution in [0.5, 0.6) is 0 Å². The molecule has 6 nitrogen and oxygen atoms in total. The van der Waals surface area contributed by atoms with Gasteiger partial charge in [0, 0.05) is 11.9 Å². The summed E-state index contributed by atoms with van der Waals surface area (Å²) >= 11 is 5.96. The van der Waals surface area contributed by atoms with E-state index in [1.54, 1.807) is 31.2 Å². The van der Waals surface area contributed by atoms with E-state index in [4.69, 9.17) is 16.3 Å². The van der Waals surface area contributed by atoms with E-state index in [-0.39, 0.29) is 17.3 Å². The second-order valence-corrected chi connectivity index (χ2v) is 6.82. The minimum atomic E-state index is -3.82. The summed E-state index contributed by atoms with van der Waals surface area (Å²) in [7, 11) is -3.82. The quantitative estimate of drug-likeness (QED) is 0.834. The molecule has 0 amide bonds. The number of halogens is 1. The van der Waals surface area contributed by atoms with E-state index in [0.717, 1.165) is 0 Å². The maximum absolute atomic E-state index is 12.5. The first-order valence-electron chi connectivity index (χ1n) is 6.67. The number of ether oxygens (including phenoxy) is 1. The molecule has 23 heavy (non-hydrogen) atoms. The van der Waals surface area contributed by atoms with Crippen molar-refractivity contribution in [3.63, 3.8) is 0 Å². The number of aromatic nitrogens is 1. The number of hydrogen-bond acceptors (Lipinski definition) is 5. The Bertz CT molecular complexity index is 837. The van der Waals surface area contributed by atoms with E-state index in [9.17, 15) is 13.2 Å². The lowest BCUT2D eigenvalue weighted by molar-refractivity contribution is -0.142. The molecule has 0 saturated heterocycles. The normalized spacial score (nSPS) is 11.1. The van der Waals surface area contributed by atoms with Crippen LogP contribution >= 0.6 is 11.6 Å². The van der Waals surface area contributed by atoms with Gasteiger partial charge in [-0.25, -0.2) is 13.4 Å². The van der Waals surface area contributed by atoms with Gasteiger partial charge in [0.2, 0.25) is 0 Å². The van der Waals surface area contributed by atoms with Crippen molar-refractivity contribution in [3.8, 4) is 0 Å². The zero-order valence-electron chi connectivity index (χ0n) is 12.5. The van der Waals surface area contributed by atoms with Gasteiger partial charge in [-0.1, -0.05) is 23.7 Å². The second-order valence-electron chi connectivity index (χ2n) is 4.76. The molecule has 0 spiro atoms. The number of anilines is 1. The predicted octanol–water partition coefficient (Wildman–Crippen LogP) is 2.91. The fourth-order valence-corrected chi connectivity index (χ4v) is 3.36. The van der Waals surface area contributed by atoms with Gasteiger partial charge in [0.05, 0.1) is 10.6 Å². The lowest BCUT2D eigenvalue weighted by Crippen LogP contribution is -2.15. The van der Waals surface area contributed by atoms with Crippen molar-refractivity contribution in [2.75, 3.05) is 4.72 Å². The standard InChI is InChI=1S/C15H15ClN2O4S/c1-10-13(16)6-4-7-14(10)23(20,21)18-15-8-3-5-12(17-15)9-22-11(2)19/h3-8H,9H2,1-2H3,(H,17,18). The number of nitrogens with zero attached hydrogens (tertiary/aromatic N) is 1. The fraction of sp³-hybridized carbons (Fsp3) is 0.200. The second kappa shape index (κ2) is 6.97. The molecule has 1 aromatic heterocycles. The van der Waals surface area contributed by atoms with E-state index < -0.39 is 16.0 Å². The number of hydrogen-bond donors (Lipinski definition) is 1. The van der Waals surface area contributed by atoms with Crippen molar-refractivity contribution >= 4 is 33.4 Å². The minimum Gasteiger partial charge on any atom is -0.459 e. The summed E-state index contributed by atoms with van der Waals surface area (Å²) in [5.41, 5.74) is 0.890. The molecular formula is C15H15ClN2O4S. The Balaban J connectivity index is 2.25. The van der Waals surface area contributed by atoms with Crippen molar-refractivity contribution in [3.05, 3.63) is 52.7 Å². The number of pyridine rings is 1. The summed E-state index contributed by atoms with van der Waals surface area (Å²) in [6.07, 6.45) is 0. The van der Waals surface area contributed by atoms with Gasteiger partial charge in [-0.3, -0.25) is 9.52 Å². The molecule has 0 bridgehead atoms. The molecule has 1 N–H and O–H groups in total. The van der Waals surface area contributed by atoms with Crippen LogP contribution in [0.25, 0.3) is 0 Å². The first-order valence-corrected chi connectivity index (χ1v) is 8.53. The summed E-state index contributed by atoms with van der Waals surface area (Å²) in [6, 6.07) is 9.41. The summed E-state index contributed by atoms with van der Waals surface area (Å²) in [5, 5.41) is 0.365. The van der Waals surface area contributed by atoms with Crippen molar-refractivity contribution in [2.24, 2.45) is 0 Å². The number of sulfonamides is 1. The minimum absolute atomic E-state index is 0.0267. The SMILES string of the molecule is CC(=O)OCc1cccc(NS(=O)(=O)c2cccc(Cl)c2C)n1. The number of nitrogens with one attached hydrogen (secondary N) is 1. The zero-order chi connectivity index (χ0) is 17.0. The van der Waals surface area contributed by atoms with E-state index in [0.29, 0.717) is 16.3 Å². The molecule has 0 radical (unpaired) electrons. The Morgan fingerprint density at radius 3 is 2.65 bits per heavy atom. The Kier molecular flexibility index (Phi) is 5.23. The number of benzene rings is 1. The summed E-state index contributed by atoms with van der Waals surface area (Å²) in [5.74, 6) is -0.304. The number of carbonyl (C=O) groups is 1. The van der Waals surface area contributed by atoms with E-state index in [2.05, 4.69) is 9.71 Å². The molecule has 2 rings (SSSR count). The molecule has 2 aromatic rings. The van der Waals surface area contributed by atoms with E-state index >= 15 is 0 Å². The lowest BCUT2D eigenvalue weighted by Gasteiger charge is -2.11. The highest BCUT2D eigenvalue weighted by Gasteiger charge is 2.18. The number of rotatable bonds is 5. The first-order chi connectivity index (χ1) is 10.8. The van der Waals surface area contributed by atoms with Crippen LogP contribution in [-0.2, 0) is 26.2 Å². The van der Waals surface area contributed by atoms with Crippen molar-refractivity contribution < 1.29 is 17.9 Å². The van der Waals surface area contributed by atoms with Gasteiger partial charge in [0.15, 0.2) is 0 Å². The molecule has 1 heterocycles. The monoisotopic (exact) mass is 354 g/mol. The molecule has 0 saturated carbocycles. The molecule has 0 aliphatic carbocycles. The van der Waals surface area contributed by atoms with Crippen LogP contribution in [0.4, 0.5) is 5.82 Å². The van der Waals surface area contributed by atoms with Gasteiger partial charge >= 0.3 is 5.97 Å². The largest absolute Gasteiger partial charge is 0.459 e. The van der Waals surface area contributed by atoms with Crippen LogP contribution < -0.4 is 4.72 Å². The van der Waals surface area contributed by atoms with Crippen LogP contribution in [0.1, 0.15) is 18.2 Å². The van der Waals surface area contributed by atoms with Gasteiger partial charge in [-0.05, 0) is 36.8 Å². The highest BCUT2D eigenvalue weighted by Crippen LogP contribution is 2.24. The maximum Gasteiger partial charge on any atom is 0.303 e. The number of esters is 1. The molecular weight excluding hydrogens is 340 g/mol. The lowest BCUT2D eigenvalue weighted by atomic mass is 10.2.